The minimum atomic E-state index is -0.219. The standard InChI is InChI=1S/C8H13NO2/c1-3-4-8(9-5-6-9)11-7(2)10/h3,8H,1,4-6H2,2H3. The highest BCUT2D eigenvalue weighted by atomic mass is 16.6. The van der Waals surface area contributed by atoms with Gasteiger partial charge in [-0.3, -0.25) is 9.69 Å². The van der Waals surface area contributed by atoms with Gasteiger partial charge in [-0.15, -0.1) is 6.58 Å². The number of nitrogens with zero attached hydrogens (tertiary/aromatic N) is 1. The van der Waals surface area contributed by atoms with E-state index in [1.165, 1.54) is 6.92 Å². The summed E-state index contributed by atoms with van der Waals surface area (Å²) < 4.78 is 5.03. The summed E-state index contributed by atoms with van der Waals surface area (Å²) in [4.78, 5) is 12.7. The van der Waals surface area contributed by atoms with E-state index in [9.17, 15) is 4.79 Å². The number of carbonyl (C=O) groups is 1. The average Bonchev–Trinajstić information content (AvgIpc) is 2.66. The second-order valence-corrected chi connectivity index (χ2v) is 2.62. The molecule has 1 rings (SSSR count). The van der Waals surface area contributed by atoms with Crippen LogP contribution in [0.1, 0.15) is 13.3 Å². The first-order valence-corrected chi connectivity index (χ1v) is 3.76. The predicted molar refractivity (Wildman–Crippen MR) is 41.9 cm³/mol. The Kier molecular flexibility index (Phi) is 2.65. The Morgan fingerprint density at radius 1 is 1.82 bits per heavy atom. The van der Waals surface area contributed by atoms with Gasteiger partial charge in [0.2, 0.25) is 0 Å². The number of esters is 1. The second-order valence-electron chi connectivity index (χ2n) is 2.62. The van der Waals surface area contributed by atoms with Gasteiger partial charge in [0.15, 0.2) is 6.23 Å². The zero-order valence-corrected chi connectivity index (χ0v) is 6.75. The first-order valence-electron chi connectivity index (χ1n) is 3.76. The summed E-state index contributed by atoms with van der Waals surface area (Å²) in [6.45, 7) is 7.10. The summed E-state index contributed by atoms with van der Waals surface area (Å²) in [7, 11) is 0. The molecule has 0 amide bonds. The topological polar surface area (TPSA) is 29.3 Å². The molecule has 0 aromatic rings. The van der Waals surface area contributed by atoms with Gasteiger partial charge in [0.25, 0.3) is 0 Å². The van der Waals surface area contributed by atoms with Crippen molar-refractivity contribution in [3.05, 3.63) is 12.7 Å². The van der Waals surface area contributed by atoms with E-state index in [4.69, 9.17) is 4.74 Å². The molecule has 3 heteroatoms. The molecule has 1 aliphatic rings. The molecule has 1 aliphatic heterocycles. The third-order valence-corrected chi connectivity index (χ3v) is 1.56. The van der Waals surface area contributed by atoms with Crippen LogP contribution in [0.2, 0.25) is 0 Å². The normalized spacial score (nSPS) is 19.0. The van der Waals surface area contributed by atoms with Crippen LogP contribution in [0, 0.1) is 0 Å². The Morgan fingerprint density at radius 3 is 2.82 bits per heavy atom. The SMILES string of the molecule is C=CCC(OC(C)=O)N1CC1. The third-order valence-electron chi connectivity index (χ3n) is 1.56. The van der Waals surface area contributed by atoms with Crippen molar-refractivity contribution in [2.45, 2.75) is 19.6 Å². The Morgan fingerprint density at radius 2 is 2.45 bits per heavy atom. The average molecular weight is 155 g/mol. The third kappa shape index (κ3) is 2.72. The van der Waals surface area contributed by atoms with Gasteiger partial charge in [-0.2, -0.15) is 0 Å². The highest BCUT2D eigenvalue weighted by Crippen LogP contribution is 2.15. The monoisotopic (exact) mass is 155 g/mol. The number of hydrogen-bond acceptors (Lipinski definition) is 3. The van der Waals surface area contributed by atoms with Gasteiger partial charge in [-0.05, 0) is 0 Å². The zero-order valence-electron chi connectivity index (χ0n) is 6.75. The van der Waals surface area contributed by atoms with Crippen LogP contribution in [-0.4, -0.2) is 30.2 Å². The summed E-state index contributed by atoms with van der Waals surface area (Å²) in [5.41, 5.74) is 0. The van der Waals surface area contributed by atoms with Crippen LogP contribution < -0.4 is 0 Å². The maximum absolute atomic E-state index is 10.6. The Labute approximate surface area is 66.6 Å². The number of carbonyl (C=O) groups excluding carboxylic acids is 1. The lowest BCUT2D eigenvalue weighted by Crippen LogP contribution is -2.24. The molecule has 0 saturated carbocycles. The van der Waals surface area contributed by atoms with Crippen molar-refractivity contribution in [2.24, 2.45) is 0 Å². The molecule has 3 nitrogen and oxygen atoms in total. The van der Waals surface area contributed by atoms with Crippen molar-refractivity contribution in [3.8, 4) is 0 Å². The fraction of sp³-hybridized carbons (Fsp3) is 0.625. The molecule has 1 unspecified atom stereocenters. The molecule has 0 spiro atoms. The van der Waals surface area contributed by atoms with Crippen LogP contribution >= 0.6 is 0 Å². The van der Waals surface area contributed by atoms with Crippen LogP contribution in [0.4, 0.5) is 0 Å². The molecular formula is C8H13NO2. The molecule has 0 aromatic heterocycles. The van der Waals surface area contributed by atoms with Crippen molar-refractivity contribution < 1.29 is 9.53 Å². The van der Waals surface area contributed by atoms with Crippen LogP contribution in [0.5, 0.6) is 0 Å². The van der Waals surface area contributed by atoms with Gasteiger partial charge >= 0.3 is 5.97 Å². The van der Waals surface area contributed by atoms with Gasteiger partial charge in [0.1, 0.15) is 0 Å². The lowest BCUT2D eigenvalue weighted by Gasteiger charge is -2.15. The molecule has 0 bridgehead atoms. The van der Waals surface area contributed by atoms with Gasteiger partial charge < -0.3 is 4.74 Å². The van der Waals surface area contributed by atoms with E-state index in [-0.39, 0.29) is 12.2 Å². The predicted octanol–water partition coefficient (Wildman–Crippen LogP) is 0.767. The van der Waals surface area contributed by atoms with Crippen molar-refractivity contribution >= 4 is 5.97 Å². The lowest BCUT2D eigenvalue weighted by atomic mass is 10.4. The number of rotatable bonds is 4. The summed E-state index contributed by atoms with van der Waals surface area (Å²) in [6.07, 6.45) is 2.43. The molecular weight excluding hydrogens is 142 g/mol. The molecule has 62 valence electrons. The number of hydrogen-bond donors (Lipinski definition) is 0. The molecule has 0 aliphatic carbocycles. The van der Waals surface area contributed by atoms with E-state index in [0.29, 0.717) is 0 Å². The van der Waals surface area contributed by atoms with Crippen molar-refractivity contribution in [1.29, 1.82) is 0 Å². The van der Waals surface area contributed by atoms with Crippen LogP contribution in [0.25, 0.3) is 0 Å². The molecule has 1 saturated heterocycles. The van der Waals surface area contributed by atoms with E-state index >= 15 is 0 Å². The molecule has 1 heterocycles. The van der Waals surface area contributed by atoms with E-state index < -0.39 is 0 Å². The largest absolute Gasteiger partial charge is 0.446 e. The lowest BCUT2D eigenvalue weighted by molar-refractivity contribution is -0.151. The molecule has 0 radical (unpaired) electrons. The van der Waals surface area contributed by atoms with E-state index in [1.54, 1.807) is 6.08 Å². The van der Waals surface area contributed by atoms with E-state index in [2.05, 4.69) is 11.5 Å². The molecule has 1 atom stereocenters. The minimum Gasteiger partial charge on any atom is -0.446 e. The highest BCUT2D eigenvalue weighted by Gasteiger charge is 2.28. The van der Waals surface area contributed by atoms with Crippen LogP contribution in [-0.2, 0) is 9.53 Å². The summed E-state index contributed by atoms with van der Waals surface area (Å²) in [6, 6.07) is 0. The summed E-state index contributed by atoms with van der Waals surface area (Å²) in [5.74, 6) is -0.219. The van der Waals surface area contributed by atoms with Gasteiger partial charge in [-0.1, -0.05) is 6.08 Å². The molecule has 0 N–H and O–H groups in total. The summed E-state index contributed by atoms with van der Waals surface area (Å²) in [5, 5.41) is 0. The first-order chi connectivity index (χ1) is 5.24. The van der Waals surface area contributed by atoms with E-state index in [0.717, 1.165) is 19.5 Å². The Hall–Kier alpha value is -0.830. The fourth-order valence-corrected chi connectivity index (χ4v) is 0.952. The molecule has 0 aromatic carbocycles. The maximum atomic E-state index is 10.6. The van der Waals surface area contributed by atoms with Gasteiger partial charge in [0.05, 0.1) is 0 Å². The van der Waals surface area contributed by atoms with E-state index in [1.807, 2.05) is 0 Å². The smallest absolute Gasteiger partial charge is 0.304 e. The number of ether oxygens (including phenoxy) is 1. The van der Waals surface area contributed by atoms with Crippen molar-refractivity contribution in [1.82, 2.24) is 4.90 Å². The van der Waals surface area contributed by atoms with Crippen molar-refractivity contribution in [3.63, 3.8) is 0 Å². The Bertz CT molecular complexity index is 163. The van der Waals surface area contributed by atoms with Gasteiger partial charge in [0, 0.05) is 26.4 Å². The van der Waals surface area contributed by atoms with Crippen LogP contribution in [0.3, 0.4) is 0 Å². The summed E-state index contributed by atoms with van der Waals surface area (Å²) >= 11 is 0. The van der Waals surface area contributed by atoms with Crippen LogP contribution in [0.15, 0.2) is 12.7 Å². The minimum absolute atomic E-state index is 0.0648. The quantitative estimate of drug-likeness (QED) is 0.341. The molecule has 11 heavy (non-hydrogen) atoms. The van der Waals surface area contributed by atoms with Crippen molar-refractivity contribution in [2.75, 3.05) is 13.1 Å². The zero-order chi connectivity index (χ0) is 8.27. The fourth-order valence-electron chi connectivity index (χ4n) is 0.952. The molecule has 1 fully saturated rings. The highest BCUT2D eigenvalue weighted by molar-refractivity contribution is 5.66. The first kappa shape index (κ1) is 8.27. The maximum Gasteiger partial charge on any atom is 0.304 e. The van der Waals surface area contributed by atoms with Gasteiger partial charge in [-0.25, -0.2) is 0 Å². The Balaban J connectivity index is 2.31. The second kappa shape index (κ2) is 3.53.